The molecule has 0 aliphatic rings. The van der Waals surface area contributed by atoms with Crippen molar-refractivity contribution < 1.29 is 17.6 Å². The number of rotatable bonds is 2. The zero-order chi connectivity index (χ0) is 9.99. The Morgan fingerprint density at radius 1 is 1.25 bits per heavy atom. The van der Waals surface area contributed by atoms with Crippen LogP contribution in [0.25, 0.3) is 0 Å². The molecule has 0 rings (SSSR count). The molecule has 0 amide bonds. The molecule has 0 nitrogen and oxygen atoms in total. The van der Waals surface area contributed by atoms with Gasteiger partial charge >= 0.3 is 6.18 Å². The maximum atomic E-state index is 12.8. The quantitative estimate of drug-likeness (QED) is 0.572. The van der Waals surface area contributed by atoms with Crippen LogP contribution in [-0.2, 0) is 0 Å². The van der Waals surface area contributed by atoms with Crippen molar-refractivity contribution in [1.82, 2.24) is 0 Å². The summed E-state index contributed by atoms with van der Waals surface area (Å²) in [6, 6.07) is 0. The van der Waals surface area contributed by atoms with Crippen LogP contribution in [0.2, 0.25) is 0 Å². The molecule has 0 atom stereocenters. The van der Waals surface area contributed by atoms with Gasteiger partial charge in [-0.2, -0.15) is 13.2 Å². The van der Waals surface area contributed by atoms with Crippen LogP contribution in [0.1, 0.15) is 27.2 Å². The molecule has 0 heterocycles. The van der Waals surface area contributed by atoms with E-state index in [1.165, 1.54) is 0 Å². The average Bonchev–Trinajstić information content (AvgIpc) is 1.85. The molecular weight excluding hydrogens is 172 g/mol. The molecule has 0 saturated carbocycles. The highest BCUT2D eigenvalue weighted by atomic mass is 19.4. The van der Waals surface area contributed by atoms with Gasteiger partial charge in [-0.15, -0.1) is 0 Å². The second-order valence-electron chi connectivity index (χ2n) is 3.08. The molecule has 0 radical (unpaired) electrons. The predicted octanol–water partition coefficient (Wildman–Crippen LogP) is 3.84. The Bertz CT molecular complexity index is 176. The molecule has 0 aromatic carbocycles. The zero-order valence-electron chi connectivity index (χ0n) is 7.30. The van der Waals surface area contributed by atoms with Crippen molar-refractivity contribution in [1.29, 1.82) is 0 Å². The lowest BCUT2D eigenvalue weighted by Gasteiger charge is -2.25. The molecule has 12 heavy (non-hydrogen) atoms. The Balaban J connectivity index is 4.73. The Kier molecular flexibility index (Phi) is 3.30. The number of allylic oxidation sites excluding steroid dienone is 2. The van der Waals surface area contributed by atoms with Crippen molar-refractivity contribution in [3.63, 3.8) is 0 Å². The van der Waals surface area contributed by atoms with E-state index in [0.29, 0.717) is 0 Å². The number of alkyl halides is 3. The summed E-state index contributed by atoms with van der Waals surface area (Å²) in [5, 5.41) is 0. The van der Waals surface area contributed by atoms with Crippen LogP contribution in [0.5, 0.6) is 0 Å². The molecule has 0 fully saturated rings. The molecule has 72 valence electrons. The smallest absolute Gasteiger partial charge is 0.211 e. The topological polar surface area (TPSA) is 0 Å². The van der Waals surface area contributed by atoms with E-state index in [0.717, 1.165) is 19.9 Å². The minimum absolute atomic E-state index is 0.269. The van der Waals surface area contributed by atoms with Gasteiger partial charge in [0.15, 0.2) is 0 Å². The third-order valence-electron chi connectivity index (χ3n) is 1.69. The number of hydrogen-bond donors (Lipinski definition) is 0. The van der Waals surface area contributed by atoms with Crippen molar-refractivity contribution in [3.8, 4) is 0 Å². The normalized spacial score (nSPS) is 15.1. The van der Waals surface area contributed by atoms with E-state index in [9.17, 15) is 17.6 Å². The summed E-state index contributed by atoms with van der Waals surface area (Å²) in [6.07, 6.45) is -3.30. The molecule has 0 unspecified atom stereocenters. The Hall–Kier alpha value is -0.540. The Morgan fingerprint density at radius 2 is 1.67 bits per heavy atom. The van der Waals surface area contributed by atoms with Crippen LogP contribution in [0.15, 0.2) is 11.9 Å². The van der Waals surface area contributed by atoms with Crippen molar-refractivity contribution in [2.24, 2.45) is 5.41 Å². The average molecular weight is 184 g/mol. The first-order valence-corrected chi connectivity index (χ1v) is 3.66. The third kappa shape index (κ3) is 2.22. The fourth-order valence-corrected chi connectivity index (χ4v) is 0.570. The molecule has 0 aliphatic carbocycles. The van der Waals surface area contributed by atoms with Gasteiger partial charge < -0.3 is 0 Å². The second kappa shape index (κ2) is 3.46. The van der Waals surface area contributed by atoms with Crippen LogP contribution < -0.4 is 0 Å². The first-order valence-electron chi connectivity index (χ1n) is 3.66. The van der Waals surface area contributed by atoms with Gasteiger partial charge in [-0.3, -0.25) is 0 Å². The van der Waals surface area contributed by atoms with E-state index in [1.54, 1.807) is 6.92 Å². The Morgan fingerprint density at radius 3 is 1.92 bits per heavy atom. The molecule has 0 aromatic rings. The zero-order valence-corrected chi connectivity index (χ0v) is 7.30. The molecule has 0 saturated heterocycles. The number of hydrogen-bond acceptors (Lipinski definition) is 0. The minimum atomic E-state index is -4.53. The SMILES string of the molecule is CC/C=C(/F)C(C)(C)C(F)(F)F. The largest absolute Gasteiger partial charge is 0.400 e. The standard InChI is InChI=1S/C8H12F4/c1-4-5-6(9)7(2,3)8(10,11)12/h5H,4H2,1-3H3/b6-5+. The lowest BCUT2D eigenvalue weighted by atomic mass is 9.90. The summed E-state index contributed by atoms with van der Waals surface area (Å²) in [4.78, 5) is 0. The van der Waals surface area contributed by atoms with Gasteiger partial charge in [-0.05, 0) is 20.3 Å². The van der Waals surface area contributed by atoms with E-state index in [2.05, 4.69) is 0 Å². The van der Waals surface area contributed by atoms with Crippen molar-refractivity contribution in [2.45, 2.75) is 33.4 Å². The lowest BCUT2D eigenvalue weighted by molar-refractivity contribution is -0.202. The van der Waals surface area contributed by atoms with Gasteiger partial charge in [0.25, 0.3) is 0 Å². The van der Waals surface area contributed by atoms with Crippen molar-refractivity contribution in [2.75, 3.05) is 0 Å². The maximum Gasteiger partial charge on any atom is 0.400 e. The fraction of sp³-hybridized carbons (Fsp3) is 0.750. The lowest BCUT2D eigenvalue weighted by Crippen LogP contribution is -2.32. The fourth-order valence-electron chi connectivity index (χ4n) is 0.570. The first-order chi connectivity index (χ1) is 5.23. The second-order valence-corrected chi connectivity index (χ2v) is 3.08. The van der Waals surface area contributed by atoms with Crippen LogP contribution >= 0.6 is 0 Å². The monoisotopic (exact) mass is 184 g/mol. The van der Waals surface area contributed by atoms with Crippen LogP contribution in [0, 0.1) is 5.41 Å². The summed E-state index contributed by atoms with van der Waals surface area (Å²) >= 11 is 0. The first kappa shape index (κ1) is 11.5. The van der Waals surface area contributed by atoms with Gasteiger partial charge in [-0.25, -0.2) is 4.39 Å². The minimum Gasteiger partial charge on any atom is -0.211 e. The van der Waals surface area contributed by atoms with E-state index >= 15 is 0 Å². The summed E-state index contributed by atoms with van der Waals surface area (Å²) in [5.41, 5.74) is -2.36. The molecular formula is C8H12F4. The number of halogens is 4. The predicted molar refractivity (Wildman–Crippen MR) is 39.3 cm³/mol. The van der Waals surface area contributed by atoms with Gasteiger partial charge in [-0.1, -0.05) is 13.0 Å². The highest BCUT2D eigenvalue weighted by molar-refractivity contribution is 5.06. The molecule has 0 N–H and O–H groups in total. The summed E-state index contributed by atoms with van der Waals surface area (Å²) in [6.45, 7) is 3.25. The van der Waals surface area contributed by atoms with Crippen LogP contribution in [0.4, 0.5) is 17.6 Å². The van der Waals surface area contributed by atoms with E-state index in [4.69, 9.17) is 0 Å². The van der Waals surface area contributed by atoms with E-state index < -0.39 is 17.4 Å². The molecule has 0 spiro atoms. The summed E-state index contributed by atoms with van der Waals surface area (Å²) in [7, 11) is 0. The Labute approximate surface area is 69.3 Å². The van der Waals surface area contributed by atoms with E-state index in [1.807, 2.05) is 0 Å². The van der Waals surface area contributed by atoms with Crippen molar-refractivity contribution >= 4 is 0 Å². The third-order valence-corrected chi connectivity index (χ3v) is 1.69. The summed E-state index contributed by atoms with van der Waals surface area (Å²) < 4.78 is 49.2. The molecule has 0 aliphatic heterocycles. The van der Waals surface area contributed by atoms with Crippen molar-refractivity contribution in [3.05, 3.63) is 11.9 Å². The van der Waals surface area contributed by atoms with E-state index in [-0.39, 0.29) is 6.42 Å². The van der Waals surface area contributed by atoms with Crippen LogP contribution in [-0.4, -0.2) is 6.18 Å². The summed E-state index contributed by atoms with van der Waals surface area (Å²) in [5.74, 6) is -1.11. The maximum absolute atomic E-state index is 12.8. The van der Waals surface area contributed by atoms with Crippen LogP contribution in [0.3, 0.4) is 0 Å². The van der Waals surface area contributed by atoms with Gasteiger partial charge in [0.05, 0.1) is 0 Å². The van der Waals surface area contributed by atoms with Gasteiger partial charge in [0.1, 0.15) is 11.2 Å². The highest BCUT2D eigenvalue weighted by Gasteiger charge is 2.50. The van der Waals surface area contributed by atoms with Gasteiger partial charge in [0, 0.05) is 0 Å². The molecule has 0 aromatic heterocycles. The molecule has 0 bridgehead atoms. The molecule has 4 heteroatoms. The highest BCUT2D eigenvalue weighted by Crippen LogP contribution is 2.43. The van der Waals surface area contributed by atoms with Gasteiger partial charge in [0.2, 0.25) is 0 Å².